The van der Waals surface area contributed by atoms with Crippen molar-refractivity contribution in [3.05, 3.63) is 36.5 Å². The normalized spacial score (nSPS) is 12.2. The number of carbonyl (C=O) groups is 3. The smallest absolute Gasteiger partial charge is 0.306 e. The van der Waals surface area contributed by atoms with E-state index in [0.29, 0.717) is 19.3 Å². The first kappa shape index (κ1) is 61.6. The fraction of sp³-hybridized carbons (Fsp3) is 0.845. The topological polar surface area (TPSA) is 78.9 Å². The maximum Gasteiger partial charge on any atom is 0.306 e. The van der Waals surface area contributed by atoms with Crippen LogP contribution in [0.4, 0.5) is 0 Å². The van der Waals surface area contributed by atoms with Crippen molar-refractivity contribution in [2.45, 2.75) is 303 Å². The SMILES string of the molecule is CCCCCCC/C=C\C/C=C\C/C=C\CCCCCCCCCCCCC(=O)OCC(COC(=O)CCCCCCCCCC)OC(=O)CCCCCCCCCCCCCCC. The molecular formula is C58H106O6. The summed E-state index contributed by atoms with van der Waals surface area (Å²) in [6.45, 7) is 6.62. The monoisotopic (exact) mass is 899 g/mol. The zero-order valence-corrected chi connectivity index (χ0v) is 42.8. The molecule has 374 valence electrons. The van der Waals surface area contributed by atoms with Gasteiger partial charge in [-0.15, -0.1) is 0 Å². The van der Waals surface area contributed by atoms with E-state index < -0.39 is 6.10 Å². The van der Waals surface area contributed by atoms with Gasteiger partial charge in [-0.05, 0) is 57.8 Å². The molecule has 0 N–H and O–H groups in total. The predicted octanol–water partition coefficient (Wildman–Crippen LogP) is 18.5. The van der Waals surface area contributed by atoms with Gasteiger partial charge in [0.2, 0.25) is 0 Å². The number of rotatable bonds is 51. The van der Waals surface area contributed by atoms with Gasteiger partial charge in [0.1, 0.15) is 13.2 Å². The van der Waals surface area contributed by atoms with E-state index in [4.69, 9.17) is 14.2 Å². The number of ether oxygens (including phenoxy) is 3. The molecule has 0 aromatic rings. The molecule has 0 saturated heterocycles. The molecule has 0 radical (unpaired) electrons. The minimum absolute atomic E-state index is 0.0693. The van der Waals surface area contributed by atoms with Gasteiger partial charge >= 0.3 is 17.9 Å². The Hall–Kier alpha value is -2.37. The predicted molar refractivity (Wildman–Crippen MR) is 275 cm³/mol. The fourth-order valence-electron chi connectivity index (χ4n) is 8.16. The highest BCUT2D eigenvalue weighted by molar-refractivity contribution is 5.71. The summed E-state index contributed by atoms with van der Waals surface area (Å²) in [7, 11) is 0. The molecular weight excluding hydrogens is 793 g/mol. The Balaban J connectivity index is 4.15. The summed E-state index contributed by atoms with van der Waals surface area (Å²) in [4.78, 5) is 37.9. The largest absolute Gasteiger partial charge is 0.462 e. The minimum atomic E-state index is -0.767. The van der Waals surface area contributed by atoms with E-state index in [9.17, 15) is 14.4 Å². The summed E-state index contributed by atoms with van der Waals surface area (Å²) in [5.74, 6) is -0.864. The zero-order valence-electron chi connectivity index (χ0n) is 42.8. The second-order valence-electron chi connectivity index (χ2n) is 18.9. The molecule has 0 aromatic carbocycles. The van der Waals surface area contributed by atoms with Crippen LogP contribution in [-0.4, -0.2) is 37.2 Å². The lowest BCUT2D eigenvalue weighted by Gasteiger charge is -2.18. The first-order valence-electron chi connectivity index (χ1n) is 28.0. The zero-order chi connectivity index (χ0) is 46.5. The number of unbranched alkanes of at least 4 members (excludes halogenated alkanes) is 34. The van der Waals surface area contributed by atoms with E-state index in [-0.39, 0.29) is 31.1 Å². The third kappa shape index (κ3) is 50.6. The van der Waals surface area contributed by atoms with Gasteiger partial charge in [0, 0.05) is 19.3 Å². The van der Waals surface area contributed by atoms with E-state index in [0.717, 1.165) is 70.6 Å². The second kappa shape index (κ2) is 53.2. The molecule has 0 amide bonds. The van der Waals surface area contributed by atoms with Crippen LogP contribution in [-0.2, 0) is 28.6 Å². The lowest BCUT2D eigenvalue weighted by Crippen LogP contribution is -2.30. The summed E-state index contributed by atoms with van der Waals surface area (Å²) in [6, 6.07) is 0. The Bertz CT molecular complexity index is 1080. The first-order valence-corrected chi connectivity index (χ1v) is 28.0. The molecule has 0 spiro atoms. The van der Waals surface area contributed by atoms with Crippen molar-refractivity contribution < 1.29 is 28.6 Å². The van der Waals surface area contributed by atoms with Crippen LogP contribution in [0.25, 0.3) is 0 Å². The molecule has 64 heavy (non-hydrogen) atoms. The molecule has 0 aliphatic rings. The molecule has 0 aromatic heterocycles. The Labute approximate surface area is 397 Å². The molecule has 0 aliphatic carbocycles. The van der Waals surface area contributed by atoms with Crippen LogP contribution in [0.5, 0.6) is 0 Å². The third-order valence-electron chi connectivity index (χ3n) is 12.4. The maximum absolute atomic E-state index is 12.8. The number of hydrogen-bond donors (Lipinski definition) is 0. The number of allylic oxidation sites excluding steroid dienone is 6. The second-order valence-corrected chi connectivity index (χ2v) is 18.9. The quantitative estimate of drug-likeness (QED) is 0.0262. The summed E-state index contributed by atoms with van der Waals surface area (Å²) < 4.78 is 16.8. The summed E-state index contributed by atoms with van der Waals surface area (Å²) in [6.07, 6.45) is 62.9. The first-order chi connectivity index (χ1) is 31.5. The molecule has 6 nitrogen and oxygen atoms in total. The number of hydrogen-bond acceptors (Lipinski definition) is 6. The molecule has 1 atom stereocenters. The Morgan fingerprint density at radius 1 is 0.312 bits per heavy atom. The Kier molecular flexibility index (Phi) is 51.3. The van der Waals surface area contributed by atoms with Crippen molar-refractivity contribution in [3.8, 4) is 0 Å². The van der Waals surface area contributed by atoms with Gasteiger partial charge in [-0.3, -0.25) is 14.4 Å². The standard InChI is InChI=1S/C58H106O6/c1-4-7-10-13-16-19-21-23-24-25-26-27-28-29-30-31-32-33-34-36-37-39-42-45-48-51-57(60)63-54-55(53-62-56(59)50-47-44-41-18-15-12-9-6-3)64-58(61)52-49-46-43-40-38-35-22-20-17-14-11-8-5-2/h21,23,25-26,28-29,55H,4-20,22,24,27,30-54H2,1-3H3/b23-21-,26-25-,29-28-. The van der Waals surface area contributed by atoms with Crippen molar-refractivity contribution in [1.29, 1.82) is 0 Å². The Morgan fingerprint density at radius 2 is 0.562 bits per heavy atom. The van der Waals surface area contributed by atoms with Crippen LogP contribution in [0.1, 0.15) is 297 Å². The van der Waals surface area contributed by atoms with Gasteiger partial charge in [0.05, 0.1) is 0 Å². The van der Waals surface area contributed by atoms with Crippen LogP contribution in [0.3, 0.4) is 0 Å². The molecule has 0 rings (SSSR count). The van der Waals surface area contributed by atoms with Crippen LogP contribution in [0, 0.1) is 0 Å². The molecule has 0 aliphatic heterocycles. The average molecular weight is 899 g/mol. The summed E-state index contributed by atoms with van der Waals surface area (Å²) >= 11 is 0. The van der Waals surface area contributed by atoms with E-state index in [2.05, 4.69) is 57.2 Å². The maximum atomic E-state index is 12.8. The van der Waals surface area contributed by atoms with Gasteiger partial charge in [-0.1, -0.05) is 256 Å². The number of esters is 3. The highest BCUT2D eigenvalue weighted by atomic mass is 16.6. The molecule has 0 saturated carbocycles. The van der Waals surface area contributed by atoms with Crippen molar-refractivity contribution in [3.63, 3.8) is 0 Å². The molecule has 1 unspecified atom stereocenters. The van der Waals surface area contributed by atoms with Gasteiger partial charge < -0.3 is 14.2 Å². The van der Waals surface area contributed by atoms with Crippen molar-refractivity contribution >= 4 is 17.9 Å². The van der Waals surface area contributed by atoms with Crippen LogP contribution in [0.15, 0.2) is 36.5 Å². The molecule has 0 fully saturated rings. The van der Waals surface area contributed by atoms with E-state index in [1.165, 1.54) is 186 Å². The van der Waals surface area contributed by atoms with Crippen LogP contribution >= 0.6 is 0 Å². The molecule has 0 heterocycles. The molecule has 0 bridgehead atoms. The van der Waals surface area contributed by atoms with Crippen molar-refractivity contribution in [2.24, 2.45) is 0 Å². The van der Waals surface area contributed by atoms with Gasteiger partial charge in [0.15, 0.2) is 6.10 Å². The van der Waals surface area contributed by atoms with Crippen molar-refractivity contribution in [2.75, 3.05) is 13.2 Å². The van der Waals surface area contributed by atoms with E-state index >= 15 is 0 Å². The highest BCUT2D eigenvalue weighted by Gasteiger charge is 2.19. The summed E-state index contributed by atoms with van der Waals surface area (Å²) in [5, 5.41) is 0. The van der Waals surface area contributed by atoms with Crippen LogP contribution < -0.4 is 0 Å². The van der Waals surface area contributed by atoms with Crippen LogP contribution in [0.2, 0.25) is 0 Å². The van der Waals surface area contributed by atoms with Gasteiger partial charge in [-0.2, -0.15) is 0 Å². The van der Waals surface area contributed by atoms with E-state index in [1.807, 2.05) is 0 Å². The minimum Gasteiger partial charge on any atom is -0.462 e. The lowest BCUT2D eigenvalue weighted by atomic mass is 10.0. The third-order valence-corrected chi connectivity index (χ3v) is 12.4. The fourth-order valence-corrected chi connectivity index (χ4v) is 8.16. The highest BCUT2D eigenvalue weighted by Crippen LogP contribution is 2.16. The summed E-state index contributed by atoms with van der Waals surface area (Å²) in [5.41, 5.74) is 0. The average Bonchev–Trinajstić information content (AvgIpc) is 3.29. The molecule has 6 heteroatoms. The van der Waals surface area contributed by atoms with E-state index in [1.54, 1.807) is 0 Å². The number of carbonyl (C=O) groups excluding carboxylic acids is 3. The van der Waals surface area contributed by atoms with Gasteiger partial charge in [0.25, 0.3) is 0 Å². The van der Waals surface area contributed by atoms with Crippen molar-refractivity contribution in [1.82, 2.24) is 0 Å². The van der Waals surface area contributed by atoms with Gasteiger partial charge in [-0.25, -0.2) is 0 Å². The Morgan fingerprint density at radius 3 is 0.875 bits per heavy atom. The lowest BCUT2D eigenvalue weighted by molar-refractivity contribution is -0.167.